The molecule has 106 valence electrons. The van der Waals surface area contributed by atoms with Crippen LogP contribution in [-0.4, -0.2) is 39.2 Å². The summed E-state index contributed by atoms with van der Waals surface area (Å²) in [5.41, 5.74) is 0.542. The van der Waals surface area contributed by atoms with Crippen LogP contribution in [0, 0.1) is 6.92 Å². The first-order valence-electron chi connectivity index (χ1n) is 5.28. The van der Waals surface area contributed by atoms with Gasteiger partial charge in [0.2, 0.25) is 10.0 Å². The minimum atomic E-state index is -3.68. The van der Waals surface area contributed by atoms with Gasteiger partial charge in [0.1, 0.15) is 0 Å². The summed E-state index contributed by atoms with van der Waals surface area (Å²) in [6, 6.07) is 3.95. The molecular formula is C11H14F2N2O3S. The van der Waals surface area contributed by atoms with Gasteiger partial charge in [0, 0.05) is 19.8 Å². The molecule has 0 aliphatic heterocycles. The van der Waals surface area contributed by atoms with Gasteiger partial charge in [-0.3, -0.25) is 4.79 Å². The highest BCUT2D eigenvalue weighted by Crippen LogP contribution is 2.22. The predicted molar refractivity (Wildman–Crippen MR) is 66.7 cm³/mol. The third-order valence-electron chi connectivity index (χ3n) is 2.44. The quantitative estimate of drug-likeness (QED) is 0.913. The van der Waals surface area contributed by atoms with Gasteiger partial charge in [-0.25, -0.2) is 12.7 Å². The molecule has 0 unspecified atom stereocenters. The number of hydrogen-bond acceptors (Lipinski definition) is 3. The number of nitrogens with one attached hydrogen (secondary N) is 1. The molecule has 1 amide bonds. The van der Waals surface area contributed by atoms with Crippen LogP contribution >= 0.6 is 0 Å². The summed E-state index contributed by atoms with van der Waals surface area (Å²) in [5.74, 6) is -1.47. The molecule has 0 saturated carbocycles. The highest BCUT2D eigenvalue weighted by Gasteiger charge is 2.20. The van der Waals surface area contributed by atoms with Gasteiger partial charge in [-0.2, -0.15) is 8.78 Å². The summed E-state index contributed by atoms with van der Waals surface area (Å²) in [7, 11) is -0.970. The number of carbonyl (C=O) groups excluding carboxylic acids is 1. The van der Waals surface area contributed by atoms with E-state index in [2.05, 4.69) is 0 Å². The SMILES string of the molecule is Cc1ccc(S(=O)(=O)N(C)C)cc1NC(=O)C(F)F. The van der Waals surface area contributed by atoms with Gasteiger partial charge in [0.25, 0.3) is 5.91 Å². The Morgan fingerprint density at radius 1 is 1.32 bits per heavy atom. The van der Waals surface area contributed by atoms with Crippen molar-refractivity contribution in [2.24, 2.45) is 0 Å². The van der Waals surface area contributed by atoms with E-state index in [1.807, 2.05) is 5.32 Å². The molecule has 8 heteroatoms. The molecule has 0 aliphatic rings. The zero-order valence-electron chi connectivity index (χ0n) is 10.6. The molecule has 0 radical (unpaired) electrons. The average molecular weight is 292 g/mol. The maximum Gasteiger partial charge on any atom is 0.315 e. The zero-order valence-corrected chi connectivity index (χ0v) is 11.5. The van der Waals surface area contributed by atoms with Crippen LogP contribution in [0.1, 0.15) is 5.56 Å². The maximum absolute atomic E-state index is 12.2. The monoisotopic (exact) mass is 292 g/mol. The molecule has 0 saturated heterocycles. The molecule has 0 fully saturated rings. The molecule has 5 nitrogen and oxygen atoms in total. The van der Waals surface area contributed by atoms with Crippen molar-refractivity contribution in [3.8, 4) is 0 Å². The average Bonchev–Trinajstić information content (AvgIpc) is 2.31. The van der Waals surface area contributed by atoms with Crippen molar-refractivity contribution in [2.75, 3.05) is 19.4 Å². The first-order chi connectivity index (χ1) is 8.66. The normalized spacial score (nSPS) is 11.9. The number of benzene rings is 1. The van der Waals surface area contributed by atoms with Crippen molar-refractivity contribution >= 4 is 21.6 Å². The van der Waals surface area contributed by atoms with E-state index in [1.165, 1.54) is 26.2 Å². The van der Waals surface area contributed by atoms with Gasteiger partial charge in [-0.15, -0.1) is 0 Å². The number of amides is 1. The van der Waals surface area contributed by atoms with Gasteiger partial charge < -0.3 is 5.32 Å². The van der Waals surface area contributed by atoms with Crippen LogP contribution in [-0.2, 0) is 14.8 Å². The van der Waals surface area contributed by atoms with E-state index in [9.17, 15) is 22.0 Å². The minimum absolute atomic E-state index is 0.0493. The van der Waals surface area contributed by atoms with Crippen molar-refractivity contribution in [1.29, 1.82) is 0 Å². The third-order valence-corrected chi connectivity index (χ3v) is 4.25. The second-order valence-corrected chi connectivity index (χ2v) is 6.21. The Bertz CT molecular complexity index is 586. The van der Waals surface area contributed by atoms with Gasteiger partial charge in [0.05, 0.1) is 4.90 Å². The minimum Gasteiger partial charge on any atom is -0.321 e. The maximum atomic E-state index is 12.2. The molecule has 1 aromatic carbocycles. The molecule has 0 heterocycles. The zero-order chi connectivity index (χ0) is 14.8. The van der Waals surface area contributed by atoms with E-state index in [4.69, 9.17) is 0 Å². The van der Waals surface area contributed by atoms with E-state index < -0.39 is 22.4 Å². The summed E-state index contributed by atoms with van der Waals surface area (Å²) >= 11 is 0. The summed E-state index contributed by atoms with van der Waals surface area (Å²) < 4.78 is 49.1. The number of rotatable bonds is 4. The Balaban J connectivity index is 3.19. The van der Waals surface area contributed by atoms with Crippen LogP contribution in [0.4, 0.5) is 14.5 Å². The van der Waals surface area contributed by atoms with Crippen LogP contribution in [0.25, 0.3) is 0 Å². The smallest absolute Gasteiger partial charge is 0.315 e. The van der Waals surface area contributed by atoms with Gasteiger partial charge in [-0.05, 0) is 24.6 Å². The van der Waals surface area contributed by atoms with Crippen LogP contribution < -0.4 is 5.32 Å². The lowest BCUT2D eigenvalue weighted by Crippen LogP contribution is -2.23. The molecular weight excluding hydrogens is 278 g/mol. The largest absolute Gasteiger partial charge is 0.321 e. The fraction of sp³-hybridized carbons (Fsp3) is 0.364. The third kappa shape index (κ3) is 3.48. The highest BCUT2D eigenvalue weighted by atomic mass is 32.2. The Labute approximate surface area is 110 Å². The number of alkyl halides is 2. The van der Waals surface area contributed by atoms with E-state index >= 15 is 0 Å². The Kier molecular flexibility index (Phi) is 4.59. The Morgan fingerprint density at radius 2 is 1.89 bits per heavy atom. The molecule has 19 heavy (non-hydrogen) atoms. The first kappa shape index (κ1) is 15.5. The molecule has 0 aromatic heterocycles. The van der Waals surface area contributed by atoms with Crippen molar-refractivity contribution in [3.05, 3.63) is 23.8 Å². The topological polar surface area (TPSA) is 66.5 Å². The van der Waals surface area contributed by atoms with Gasteiger partial charge >= 0.3 is 6.43 Å². The van der Waals surface area contributed by atoms with E-state index in [0.29, 0.717) is 5.56 Å². The lowest BCUT2D eigenvalue weighted by Gasteiger charge is -2.14. The number of sulfonamides is 1. The number of halogens is 2. The van der Waals surface area contributed by atoms with E-state index in [1.54, 1.807) is 6.92 Å². The molecule has 0 aliphatic carbocycles. The molecule has 0 atom stereocenters. The van der Waals surface area contributed by atoms with Crippen LogP contribution in [0.2, 0.25) is 0 Å². The fourth-order valence-electron chi connectivity index (χ4n) is 1.29. The van der Waals surface area contributed by atoms with Crippen molar-refractivity contribution in [2.45, 2.75) is 18.2 Å². The summed E-state index contributed by atoms with van der Waals surface area (Å²) in [6.45, 7) is 1.58. The fourth-order valence-corrected chi connectivity index (χ4v) is 2.22. The highest BCUT2D eigenvalue weighted by molar-refractivity contribution is 7.89. The molecule has 0 bridgehead atoms. The number of nitrogens with zero attached hydrogens (tertiary/aromatic N) is 1. The van der Waals surface area contributed by atoms with Gasteiger partial charge in [-0.1, -0.05) is 6.07 Å². The van der Waals surface area contributed by atoms with E-state index in [0.717, 1.165) is 10.4 Å². The Hall–Kier alpha value is -1.54. The Morgan fingerprint density at radius 3 is 2.37 bits per heavy atom. The number of carbonyl (C=O) groups is 1. The predicted octanol–water partition coefficient (Wildman–Crippen LogP) is 1.45. The van der Waals surface area contributed by atoms with Crippen LogP contribution in [0.5, 0.6) is 0 Å². The molecule has 1 aromatic rings. The summed E-state index contributed by atoms with van der Waals surface area (Å²) in [6.07, 6.45) is -3.16. The summed E-state index contributed by atoms with van der Waals surface area (Å²) in [4.78, 5) is 10.9. The second kappa shape index (κ2) is 5.62. The van der Waals surface area contributed by atoms with E-state index in [-0.39, 0.29) is 10.6 Å². The lowest BCUT2D eigenvalue weighted by atomic mass is 10.2. The van der Waals surface area contributed by atoms with Crippen LogP contribution in [0.15, 0.2) is 23.1 Å². The van der Waals surface area contributed by atoms with Crippen LogP contribution in [0.3, 0.4) is 0 Å². The molecule has 1 rings (SSSR count). The first-order valence-corrected chi connectivity index (χ1v) is 6.72. The standard InChI is InChI=1S/C11H14F2N2O3S/c1-7-4-5-8(19(17,18)15(2)3)6-9(7)14-11(16)10(12)13/h4-6,10H,1-3H3,(H,14,16). The lowest BCUT2D eigenvalue weighted by molar-refractivity contribution is -0.126. The summed E-state index contributed by atoms with van der Waals surface area (Å²) in [5, 5.41) is 1.99. The van der Waals surface area contributed by atoms with Crippen molar-refractivity contribution in [3.63, 3.8) is 0 Å². The molecule has 1 N–H and O–H groups in total. The van der Waals surface area contributed by atoms with Crippen molar-refractivity contribution < 1.29 is 22.0 Å². The van der Waals surface area contributed by atoms with Crippen molar-refractivity contribution in [1.82, 2.24) is 4.31 Å². The number of hydrogen-bond donors (Lipinski definition) is 1. The second-order valence-electron chi connectivity index (χ2n) is 4.05. The molecule has 0 spiro atoms. The van der Waals surface area contributed by atoms with Gasteiger partial charge in [0.15, 0.2) is 0 Å². The number of anilines is 1. The number of aryl methyl sites for hydroxylation is 1.